The van der Waals surface area contributed by atoms with Crippen molar-refractivity contribution < 1.29 is 0 Å². The summed E-state index contributed by atoms with van der Waals surface area (Å²) >= 11 is 1.87. The average molecular weight is 195 g/mol. The zero-order chi connectivity index (χ0) is 9.68. The molecule has 0 bridgehead atoms. The van der Waals surface area contributed by atoms with Gasteiger partial charge in [-0.2, -0.15) is 0 Å². The molecule has 0 spiro atoms. The summed E-state index contributed by atoms with van der Waals surface area (Å²) in [6.45, 7) is 5.18. The number of thioether (sulfide) groups is 1. The van der Waals surface area contributed by atoms with E-state index in [1.807, 2.05) is 17.8 Å². The maximum Gasteiger partial charge on any atom is 0.0240 e. The molecule has 0 amide bonds. The molecule has 1 rings (SSSR count). The fourth-order valence-electron chi connectivity index (χ4n) is 1.13. The van der Waals surface area contributed by atoms with E-state index >= 15 is 0 Å². The molecular weight excluding hydrogens is 178 g/mol. The zero-order valence-electron chi connectivity index (χ0n) is 8.23. The topological polar surface area (TPSA) is 26.0 Å². The molecule has 13 heavy (non-hydrogen) atoms. The van der Waals surface area contributed by atoms with Crippen molar-refractivity contribution in [2.24, 2.45) is 11.7 Å². The monoisotopic (exact) mass is 195 g/mol. The summed E-state index contributed by atoms with van der Waals surface area (Å²) < 4.78 is 0. The normalized spacial score (nSPS) is 13.2. The minimum atomic E-state index is 0.530. The molecule has 0 saturated carbocycles. The van der Waals surface area contributed by atoms with Crippen LogP contribution in [0, 0.1) is 5.92 Å². The van der Waals surface area contributed by atoms with Crippen LogP contribution in [0.5, 0.6) is 0 Å². The lowest BCUT2D eigenvalue weighted by Gasteiger charge is -2.17. The van der Waals surface area contributed by atoms with Gasteiger partial charge < -0.3 is 5.73 Å². The van der Waals surface area contributed by atoms with Crippen LogP contribution in [0.25, 0.3) is 0 Å². The molecule has 0 aromatic heterocycles. The summed E-state index contributed by atoms with van der Waals surface area (Å²) in [6.07, 6.45) is 0. The minimum Gasteiger partial charge on any atom is -0.329 e. The second-order valence-electron chi connectivity index (χ2n) is 3.45. The van der Waals surface area contributed by atoms with Gasteiger partial charge in [-0.25, -0.2) is 0 Å². The lowest BCUT2D eigenvalue weighted by Crippen LogP contribution is -2.22. The molecule has 0 fully saturated rings. The van der Waals surface area contributed by atoms with E-state index in [1.165, 1.54) is 4.90 Å². The van der Waals surface area contributed by atoms with Gasteiger partial charge in [-0.05, 0) is 18.1 Å². The highest BCUT2D eigenvalue weighted by atomic mass is 32.2. The average Bonchev–Trinajstić information content (AvgIpc) is 2.15. The fourth-order valence-corrected chi connectivity index (χ4v) is 2.16. The van der Waals surface area contributed by atoms with Crippen LogP contribution >= 0.6 is 11.8 Å². The Bertz CT molecular complexity index is 233. The molecule has 0 heterocycles. The molecule has 2 N–H and O–H groups in total. The Labute approximate surface area is 84.7 Å². The van der Waals surface area contributed by atoms with E-state index in [-0.39, 0.29) is 0 Å². The standard InChI is InChI=1S/C11H17NS/c1-9(2)11(8-12)13-10-6-4-3-5-7-10/h3-7,9,11H,8,12H2,1-2H3. The van der Waals surface area contributed by atoms with E-state index in [4.69, 9.17) is 5.73 Å². The molecule has 1 atom stereocenters. The van der Waals surface area contributed by atoms with Gasteiger partial charge >= 0.3 is 0 Å². The largest absolute Gasteiger partial charge is 0.329 e. The lowest BCUT2D eigenvalue weighted by atomic mass is 10.1. The van der Waals surface area contributed by atoms with Crippen LogP contribution in [0.4, 0.5) is 0 Å². The predicted molar refractivity (Wildman–Crippen MR) is 60.0 cm³/mol. The molecule has 0 saturated heterocycles. The van der Waals surface area contributed by atoms with Gasteiger partial charge in [-0.1, -0.05) is 32.0 Å². The minimum absolute atomic E-state index is 0.530. The summed E-state index contributed by atoms with van der Waals surface area (Å²) in [6, 6.07) is 10.4. The van der Waals surface area contributed by atoms with Gasteiger partial charge in [-0.15, -0.1) is 11.8 Å². The van der Waals surface area contributed by atoms with Crippen LogP contribution in [0.3, 0.4) is 0 Å². The first-order valence-corrected chi connectivity index (χ1v) is 5.53. The Morgan fingerprint density at radius 3 is 2.31 bits per heavy atom. The number of rotatable bonds is 4. The van der Waals surface area contributed by atoms with Crippen LogP contribution < -0.4 is 5.73 Å². The highest BCUT2D eigenvalue weighted by Gasteiger charge is 2.12. The van der Waals surface area contributed by atoms with Crippen LogP contribution in [0.2, 0.25) is 0 Å². The van der Waals surface area contributed by atoms with E-state index in [2.05, 4.69) is 38.1 Å². The van der Waals surface area contributed by atoms with Crippen LogP contribution in [-0.4, -0.2) is 11.8 Å². The maximum atomic E-state index is 5.70. The smallest absolute Gasteiger partial charge is 0.0240 e. The third-order valence-electron chi connectivity index (χ3n) is 2.01. The second kappa shape index (κ2) is 5.30. The summed E-state index contributed by atoms with van der Waals surface area (Å²) in [5, 5.41) is 0.530. The van der Waals surface area contributed by atoms with Gasteiger partial charge in [0.1, 0.15) is 0 Å². The van der Waals surface area contributed by atoms with Gasteiger partial charge in [0.2, 0.25) is 0 Å². The zero-order valence-corrected chi connectivity index (χ0v) is 9.05. The molecular formula is C11H17NS. The second-order valence-corrected chi connectivity index (χ2v) is 4.76. The van der Waals surface area contributed by atoms with E-state index in [1.54, 1.807) is 0 Å². The van der Waals surface area contributed by atoms with Gasteiger partial charge in [0.25, 0.3) is 0 Å². The first-order valence-electron chi connectivity index (χ1n) is 4.66. The molecule has 0 aliphatic carbocycles. The molecule has 1 nitrogen and oxygen atoms in total. The van der Waals surface area contributed by atoms with Gasteiger partial charge in [0.15, 0.2) is 0 Å². The molecule has 2 heteroatoms. The molecule has 0 radical (unpaired) electrons. The van der Waals surface area contributed by atoms with Crippen LogP contribution in [-0.2, 0) is 0 Å². The molecule has 1 aromatic rings. The van der Waals surface area contributed by atoms with E-state index in [0.717, 1.165) is 6.54 Å². The van der Waals surface area contributed by atoms with Crippen molar-refractivity contribution in [2.45, 2.75) is 24.0 Å². The fraction of sp³-hybridized carbons (Fsp3) is 0.455. The number of nitrogens with two attached hydrogens (primary N) is 1. The van der Waals surface area contributed by atoms with Crippen LogP contribution in [0.1, 0.15) is 13.8 Å². The maximum absolute atomic E-state index is 5.70. The predicted octanol–water partition coefficient (Wildman–Crippen LogP) is 2.76. The van der Waals surface area contributed by atoms with Crippen molar-refractivity contribution in [1.29, 1.82) is 0 Å². The van der Waals surface area contributed by atoms with Crippen LogP contribution in [0.15, 0.2) is 35.2 Å². The van der Waals surface area contributed by atoms with E-state index < -0.39 is 0 Å². The first kappa shape index (κ1) is 10.6. The summed E-state index contributed by atoms with van der Waals surface area (Å²) in [5.41, 5.74) is 5.70. The molecule has 72 valence electrons. The van der Waals surface area contributed by atoms with Gasteiger partial charge in [-0.3, -0.25) is 0 Å². The lowest BCUT2D eigenvalue weighted by molar-refractivity contribution is 0.613. The molecule has 1 aromatic carbocycles. The quantitative estimate of drug-likeness (QED) is 0.748. The van der Waals surface area contributed by atoms with Crippen molar-refractivity contribution in [3.63, 3.8) is 0 Å². The Kier molecular flexibility index (Phi) is 4.33. The Morgan fingerprint density at radius 2 is 1.85 bits per heavy atom. The number of hydrogen-bond donors (Lipinski definition) is 1. The third kappa shape index (κ3) is 3.41. The summed E-state index contributed by atoms with van der Waals surface area (Å²) in [7, 11) is 0. The van der Waals surface area contributed by atoms with E-state index in [0.29, 0.717) is 11.2 Å². The SMILES string of the molecule is CC(C)C(CN)Sc1ccccc1. The van der Waals surface area contributed by atoms with Crippen molar-refractivity contribution >= 4 is 11.8 Å². The highest BCUT2D eigenvalue weighted by Crippen LogP contribution is 2.26. The number of benzene rings is 1. The number of hydrogen-bond acceptors (Lipinski definition) is 2. The van der Waals surface area contributed by atoms with Crippen molar-refractivity contribution in [1.82, 2.24) is 0 Å². The van der Waals surface area contributed by atoms with Gasteiger partial charge in [0.05, 0.1) is 0 Å². The van der Waals surface area contributed by atoms with E-state index in [9.17, 15) is 0 Å². The third-order valence-corrected chi connectivity index (χ3v) is 3.59. The first-order chi connectivity index (χ1) is 6.24. The van der Waals surface area contributed by atoms with Gasteiger partial charge in [0, 0.05) is 16.7 Å². The Balaban J connectivity index is 2.57. The Hall–Kier alpha value is -0.470. The molecule has 0 aliphatic rings. The molecule has 0 aliphatic heterocycles. The molecule has 1 unspecified atom stereocenters. The Morgan fingerprint density at radius 1 is 1.23 bits per heavy atom. The summed E-state index contributed by atoms with van der Waals surface area (Å²) in [4.78, 5) is 1.31. The van der Waals surface area contributed by atoms with Crippen molar-refractivity contribution in [3.8, 4) is 0 Å². The summed E-state index contributed by atoms with van der Waals surface area (Å²) in [5.74, 6) is 0.634. The highest BCUT2D eigenvalue weighted by molar-refractivity contribution is 8.00. The van der Waals surface area contributed by atoms with Crippen molar-refractivity contribution in [3.05, 3.63) is 30.3 Å². The van der Waals surface area contributed by atoms with Crippen molar-refractivity contribution in [2.75, 3.05) is 6.54 Å².